The maximum absolute atomic E-state index is 15.6. The third-order valence-corrected chi connectivity index (χ3v) is 12.9. The Morgan fingerprint density at radius 1 is 0.776 bits per heavy atom. The van der Waals surface area contributed by atoms with Crippen LogP contribution in [0.1, 0.15) is 16.7 Å². The molecule has 0 aliphatic heterocycles. The predicted molar refractivity (Wildman–Crippen MR) is 216 cm³/mol. The average molecular weight is 828 g/mol. The Hall–Kier alpha value is -6.50. The Morgan fingerprint density at radius 3 is 1.84 bits per heavy atom. The lowest BCUT2D eigenvalue weighted by atomic mass is 9.98. The third kappa shape index (κ3) is 9.54. The first-order valence-corrected chi connectivity index (χ1v) is 20.8. The first-order valence-electron chi connectivity index (χ1n) is 17.7. The second-order valence-electron chi connectivity index (χ2n) is 13.0. The van der Waals surface area contributed by atoms with Gasteiger partial charge in [-0.2, -0.15) is 9.10 Å². The standard InChI is InChI=1S/C40H41N7O9S2/c1-54-32-13-7-27(8-14-32)24-46(25-28-9-15-33(55-2)16-10-28)58(52,53)38-36(57(50,51)22-21-42-40(48)49)20-19-35(30-5-4-6-31(41)23-30)37(38)39-43-45-47(44-39)26-29-11-17-34(56-3)18-12-29/h4-20,23,42H,21-22,24-26,41H2,1-3H3,(H,48,49). The molecule has 0 aliphatic carbocycles. The summed E-state index contributed by atoms with van der Waals surface area (Å²) in [5, 5.41) is 24.4. The summed E-state index contributed by atoms with van der Waals surface area (Å²) in [6.07, 6.45) is -1.44. The molecule has 1 amide bonds. The van der Waals surface area contributed by atoms with Crippen LogP contribution >= 0.6 is 0 Å². The van der Waals surface area contributed by atoms with E-state index in [1.54, 1.807) is 92.0 Å². The molecule has 0 unspecified atom stereocenters. The molecule has 0 radical (unpaired) electrons. The minimum atomic E-state index is -4.87. The highest BCUT2D eigenvalue weighted by atomic mass is 32.2. The van der Waals surface area contributed by atoms with Crippen LogP contribution in [0.15, 0.2) is 119 Å². The summed E-state index contributed by atoms with van der Waals surface area (Å²) in [5.41, 5.74) is 9.06. The number of aromatic nitrogens is 4. The number of anilines is 1. The molecule has 1 heterocycles. The lowest BCUT2D eigenvalue weighted by Gasteiger charge is -2.26. The summed E-state index contributed by atoms with van der Waals surface area (Å²) in [7, 11) is -4.83. The smallest absolute Gasteiger partial charge is 0.404 e. The first-order chi connectivity index (χ1) is 27.8. The van der Waals surface area contributed by atoms with Crippen LogP contribution in [0.25, 0.3) is 22.5 Å². The molecular weight excluding hydrogens is 787 g/mol. The molecule has 6 aromatic rings. The number of hydrogen-bond donors (Lipinski definition) is 3. The van der Waals surface area contributed by atoms with E-state index < -0.39 is 48.0 Å². The number of benzene rings is 5. The van der Waals surface area contributed by atoms with Crippen molar-refractivity contribution in [3.63, 3.8) is 0 Å². The lowest BCUT2D eigenvalue weighted by molar-refractivity contribution is 0.195. The van der Waals surface area contributed by atoms with Crippen LogP contribution in [0.3, 0.4) is 0 Å². The van der Waals surface area contributed by atoms with Crippen LogP contribution < -0.4 is 25.3 Å². The number of hydrogen-bond acceptors (Lipinski definition) is 12. The zero-order valence-corrected chi connectivity index (χ0v) is 33.4. The number of nitrogens with two attached hydrogens (primary N) is 1. The van der Waals surface area contributed by atoms with E-state index in [4.69, 9.17) is 19.9 Å². The molecule has 1 aromatic heterocycles. The maximum Gasteiger partial charge on any atom is 0.404 e. The molecule has 0 atom stereocenters. The van der Waals surface area contributed by atoms with Gasteiger partial charge >= 0.3 is 6.09 Å². The van der Waals surface area contributed by atoms with Gasteiger partial charge in [0.2, 0.25) is 15.8 Å². The van der Waals surface area contributed by atoms with Gasteiger partial charge in [-0.3, -0.25) is 0 Å². The number of sulfone groups is 1. The fourth-order valence-corrected chi connectivity index (χ4v) is 9.79. The SMILES string of the molecule is COc1ccc(CN(Cc2ccc(OC)cc2)S(=O)(=O)c2c(S(=O)(=O)CCNC(=O)O)ccc(-c3cccc(N)c3)c2-c2nnn(Cc3ccc(OC)cc3)n2)cc1. The number of methoxy groups -OCH3 is 3. The van der Waals surface area contributed by atoms with E-state index in [1.807, 2.05) is 12.1 Å². The van der Waals surface area contributed by atoms with Crippen molar-refractivity contribution in [2.75, 3.05) is 39.4 Å². The summed E-state index contributed by atoms with van der Waals surface area (Å²) >= 11 is 0. The highest BCUT2D eigenvalue weighted by molar-refractivity contribution is 7.93. The van der Waals surface area contributed by atoms with Gasteiger partial charge in [-0.15, -0.1) is 10.2 Å². The lowest BCUT2D eigenvalue weighted by Crippen LogP contribution is -2.33. The van der Waals surface area contributed by atoms with Gasteiger partial charge in [-0.25, -0.2) is 21.6 Å². The maximum atomic E-state index is 15.6. The Morgan fingerprint density at radius 2 is 1.33 bits per heavy atom. The van der Waals surface area contributed by atoms with Gasteiger partial charge in [0, 0.05) is 25.3 Å². The van der Waals surface area contributed by atoms with Gasteiger partial charge < -0.3 is 30.4 Å². The molecule has 16 nitrogen and oxygen atoms in total. The molecule has 0 fully saturated rings. The van der Waals surface area contributed by atoms with Gasteiger partial charge in [0.15, 0.2) is 9.84 Å². The topological polar surface area (TPSA) is 218 Å². The molecule has 0 saturated carbocycles. The number of tetrazole rings is 1. The van der Waals surface area contributed by atoms with Crippen LogP contribution in [0.4, 0.5) is 10.5 Å². The van der Waals surface area contributed by atoms with E-state index in [0.29, 0.717) is 39.6 Å². The third-order valence-electron chi connectivity index (χ3n) is 9.09. The zero-order valence-electron chi connectivity index (χ0n) is 31.8. The molecule has 302 valence electrons. The van der Waals surface area contributed by atoms with E-state index in [9.17, 15) is 18.3 Å². The second kappa shape index (κ2) is 17.7. The summed E-state index contributed by atoms with van der Waals surface area (Å²) in [5.74, 6) is 0.810. The van der Waals surface area contributed by atoms with Crippen molar-refractivity contribution >= 4 is 31.6 Å². The molecule has 4 N–H and O–H groups in total. The molecule has 58 heavy (non-hydrogen) atoms. The molecule has 6 rings (SSSR count). The zero-order chi connectivity index (χ0) is 41.5. The van der Waals surface area contributed by atoms with Crippen molar-refractivity contribution in [1.82, 2.24) is 29.8 Å². The summed E-state index contributed by atoms with van der Waals surface area (Å²) in [6.45, 7) is -0.774. The van der Waals surface area contributed by atoms with Crippen molar-refractivity contribution in [3.05, 3.63) is 126 Å². The van der Waals surface area contributed by atoms with Gasteiger partial charge in [0.05, 0.1) is 44.1 Å². The minimum absolute atomic E-state index is 0.132. The molecule has 5 aromatic carbocycles. The van der Waals surface area contributed by atoms with E-state index in [-0.39, 0.29) is 36.6 Å². The Kier molecular flexibility index (Phi) is 12.6. The van der Waals surface area contributed by atoms with E-state index in [0.717, 1.165) is 9.87 Å². The number of nitrogens with zero attached hydrogens (tertiary/aromatic N) is 5. The monoisotopic (exact) mass is 827 g/mol. The number of rotatable bonds is 17. The number of amides is 1. The number of carbonyl (C=O) groups is 1. The highest BCUT2D eigenvalue weighted by Crippen LogP contribution is 2.42. The van der Waals surface area contributed by atoms with Crippen LogP contribution in [-0.2, 0) is 39.5 Å². The minimum Gasteiger partial charge on any atom is -0.497 e. The molecule has 0 aliphatic rings. The fourth-order valence-electron chi connectivity index (χ4n) is 6.16. The van der Waals surface area contributed by atoms with Crippen molar-refractivity contribution in [2.45, 2.75) is 29.4 Å². The highest BCUT2D eigenvalue weighted by Gasteiger charge is 2.37. The fraction of sp³-hybridized carbons (Fsp3) is 0.200. The Bertz CT molecular complexity index is 2550. The number of nitrogens with one attached hydrogen (secondary N) is 1. The summed E-state index contributed by atoms with van der Waals surface area (Å²) < 4.78 is 76.9. The van der Waals surface area contributed by atoms with Gasteiger partial charge in [0.1, 0.15) is 22.1 Å². The van der Waals surface area contributed by atoms with Crippen LogP contribution in [0, 0.1) is 0 Å². The molecule has 0 bridgehead atoms. The van der Waals surface area contributed by atoms with Crippen molar-refractivity contribution in [3.8, 4) is 39.8 Å². The van der Waals surface area contributed by atoms with Crippen molar-refractivity contribution in [2.24, 2.45) is 0 Å². The van der Waals surface area contributed by atoms with Gasteiger partial charge in [-0.05, 0) is 87.6 Å². The molecule has 18 heteroatoms. The first kappa shape index (κ1) is 41.1. The van der Waals surface area contributed by atoms with Crippen molar-refractivity contribution < 1.29 is 40.9 Å². The van der Waals surface area contributed by atoms with Crippen LogP contribution in [0.2, 0.25) is 0 Å². The molecule has 0 saturated heterocycles. The summed E-state index contributed by atoms with van der Waals surface area (Å²) in [6, 6.07) is 30.1. The quantitative estimate of drug-likeness (QED) is 0.102. The Labute approximate surface area is 335 Å². The number of ether oxygens (including phenoxy) is 3. The number of carboxylic acid groups (broad SMARTS) is 1. The van der Waals surface area contributed by atoms with E-state index in [1.165, 1.54) is 31.1 Å². The summed E-state index contributed by atoms with van der Waals surface area (Å²) in [4.78, 5) is 11.4. The second-order valence-corrected chi connectivity index (χ2v) is 16.9. The van der Waals surface area contributed by atoms with Gasteiger partial charge in [-0.1, -0.05) is 54.6 Å². The molecular formula is C40H41N7O9S2. The van der Waals surface area contributed by atoms with Crippen molar-refractivity contribution in [1.29, 1.82) is 0 Å². The molecule has 0 spiro atoms. The predicted octanol–water partition coefficient (Wildman–Crippen LogP) is 5.10. The van der Waals surface area contributed by atoms with Gasteiger partial charge in [0.25, 0.3) is 0 Å². The Balaban J connectivity index is 1.61. The van der Waals surface area contributed by atoms with E-state index >= 15 is 8.42 Å². The normalized spacial score (nSPS) is 11.7. The van der Waals surface area contributed by atoms with Crippen LogP contribution in [-0.4, -0.2) is 86.2 Å². The largest absolute Gasteiger partial charge is 0.497 e. The average Bonchev–Trinajstić information content (AvgIpc) is 3.68. The number of nitrogen functional groups attached to an aromatic ring is 1. The van der Waals surface area contributed by atoms with Crippen LogP contribution in [0.5, 0.6) is 17.2 Å². The number of sulfonamides is 1. The van der Waals surface area contributed by atoms with E-state index in [2.05, 4.69) is 20.7 Å².